The minimum Gasteiger partial charge on any atom is -0.426 e. The van der Waals surface area contributed by atoms with E-state index in [1.165, 1.54) is 24.3 Å². The smallest absolute Gasteiger partial charge is 0.316 e. The minimum absolute atomic E-state index is 0.0333. The van der Waals surface area contributed by atoms with E-state index < -0.39 is 23.7 Å². The van der Waals surface area contributed by atoms with Gasteiger partial charge in [0.2, 0.25) is 5.91 Å². The predicted octanol–water partition coefficient (Wildman–Crippen LogP) is 6.68. The van der Waals surface area contributed by atoms with Gasteiger partial charge in [-0.25, -0.2) is 4.90 Å². The lowest BCUT2D eigenvalue weighted by Gasteiger charge is -2.18. The van der Waals surface area contributed by atoms with Crippen LogP contribution in [-0.4, -0.2) is 30.2 Å². The van der Waals surface area contributed by atoms with Gasteiger partial charge in [0, 0.05) is 18.7 Å². The summed E-state index contributed by atoms with van der Waals surface area (Å²) in [7, 11) is 0. The molecule has 0 radical (unpaired) electrons. The number of hydrogen-bond acceptors (Lipinski definition) is 5. The number of esters is 1. The zero-order valence-electron chi connectivity index (χ0n) is 20.0. The third-order valence-corrected chi connectivity index (χ3v) is 8.48. The van der Waals surface area contributed by atoms with Crippen LogP contribution in [0.2, 0.25) is 20.1 Å². The summed E-state index contributed by atoms with van der Waals surface area (Å²) in [6.45, 7) is 4.16. The number of anilines is 2. The SMILES string of the molecule is Cc1ccc(N2C[C@@H](C(=O)Oc3ccc(N4C(=O)c5c(Cl)c(Cl)c(Cl)c(Cl)c5C4=O)cc3)CC2=O)cc1C. The molecule has 0 N–H and O–H groups in total. The number of ether oxygens (including phenoxy) is 1. The van der Waals surface area contributed by atoms with Crippen molar-refractivity contribution < 1.29 is 23.9 Å². The zero-order valence-corrected chi connectivity index (χ0v) is 23.0. The normalized spacial score (nSPS) is 16.9. The molecule has 0 aromatic heterocycles. The van der Waals surface area contributed by atoms with E-state index in [2.05, 4.69) is 0 Å². The highest BCUT2D eigenvalue weighted by Crippen LogP contribution is 2.45. The topological polar surface area (TPSA) is 84.0 Å². The molecule has 0 aliphatic carbocycles. The molecule has 3 aromatic carbocycles. The van der Waals surface area contributed by atoms with Crippen molar-refractivity contribution in [1.82, 2.24) is 0 Å². The van der Waals surface area contributed by atoms with E-state index in [0.29, 0.717) is 0 Å². The molecule has 2 aliphatic heterocycles. The van der Waals surface area contributed by atoms with Gasteiger partial charge in [-0.3, -0.25) is 19.2 Å². The molecular formula is C27H18Cl4N2O5. The highest BCUT2D eigenvalue weighted by atomic mass is 35.5. The number of hydrogen-bond donors (Lipinski definition) is 0. The zero-order chi connectivity index (χ0) is 27.5. The number of amides is 3. The molecule has 3 aromatic rings. The van der Waals surface area contributed by atoms with Crippen LogP contribution in [0.1, 0.15) is 38.3 Å². The van der Waals surface area contributed by atoms with Gasteiger partial charge in [-0.1, -0.05) is 52.5 Å². The molecule has 194 valence electrons. The van der Waals surface area contributed by atoms with Gasteiger partial charge in [-0.2, -0.15) is 0 Å². The first-order chi connectivity index (χ1) is 18.0. The van der Waals surface area contributed by atoms with Crippen molar-refractivity contribution in [2.24, 2.45) is 5.92 Å². The van der Waals surface area contributed by atoms with Crippen LogP contribution in [0, 0.1) is 19.8 Å². The van der Waals surface area contributed by atoms with E-state index in [9.17, 15) is 19.2 Å². The second kappa shape index (κ2) is 9.89. The number of fused-ring (bicyclic) bond motifs is 1. The molecule has 38 heavy (non-hydrogen) atoms. The molecule has 3 amide bonds. The molecule has 1 saturated heterocycles. The van der Waals surface area contributed by atoms with E-state index in [1.807, 2.05) is 32.0 Å². The summed E-state index contributed by atoms with van der Waals surface area (Å²) in [6.07, 6.45) is 0.0333. The fraction of sp³-hybridized carbons (Fsp3) is 0.185. The summed E-state index contributed by atoms with van der Waals surface area (Å²) in [6, 6.07) is 11.5. The van der Waals surface area contributed by atoms with Crippen molar-refractivity contribution in [3.63, 3.8) is 0 Å². The molecule has 7 nitrogen and oxygen atoms in total. The lowest BCUT2D eigenvalue weighted by atomic mass is 10.1. The quantitative estimate of drug-likeness (QED) is 0.111. The lowest BCUT2D eigenvalue weighted by Crippen LogP contribution is -2.29. The summed E-state index contributed by atoms with van der Waals surface area (Å²) in [5.74, 6) is -2.59. The van der Waals surface area contributed by atoms with E-state index in [-0.39, 0.29) is 61.5 Å². The summed E-state index contributed by atoms with van der Waals surface area (Å²) >= 11 is 24.5. The van der Waals surface area contributed by atoms with Crippen LogP contribution >= 0.6 is 46.4 Å². The second-order valence-electron chi connectivity index (χ2n) is 9.04. The first kappa shape index (κ1) is 26.5. The highest BCUT2D eigenvalue weighted by Gasteiger charge is 2.42. The Morgan fingerprint density at radius 3 is 1.89 bits per heavy atom. The maximum atomic E-state index is 13.0. The lowest BCUT2D eigenvalue weighted by molar-refractivity contribution is -0.139. The molecule has 2 heterocycles. The van der Waals surface area contributed by atoms with E-state index in [4.69, 9.17) is 51.1 Å². The van der Waals surface area contributed by atoms with Crippen molar-refractivity contribution in [3.05, 3.63) is 84.8 Å². The largest absolute Gasteiger partial charge is 0.426 e. The Bertz CT molecular complexity index is 1510. The Balaban J connectivity index is 1.31. The number of rotatable bonds is 4. The van der Waals surface area contributed by atoms with Crippen LogP contribution in [-0.2, 0) is 9.59 Å². The monoisotopic (exact) mass is 590 g/mol. The average Bonchev–Trinajstić information content (AvgIpc) is 3.40. The maximum Gasteiger partial charge on any atom is 0.316 e. The van der Waals surface area contributed by atoms with Crippen LogP contribution in [0.4, 0.5) is 11.4 Å². The highest BCUT2D eigenvalue weighted by molar-refractivity contribution is 6.56. The molecule has 0 bridgehead atoms. The van der Waals surface area contributed by atoms with Crippen LogP contribution in [0.15, 0.2) is 42.5 Å². The van der Waals surface area contributed by atoms with Crippen molar-refractivity contribution in [2.75, 3.05) is 16.3 Å². The van der Waals surface area contributed by atoms with Crippen LogP contribution in [0.3, 0.4) is 0 Å². The van der Waals surface area contributed by atoms with Gasteiger partial charge in [0.15, 0.2) is 0 Å². The number of imide groups is 1. The number of carbonyl (C=O) groups is 4. The van der Waals surface area contributed by atoms with Crippen molar-refractivity contribution in [1.29, 1.82) is 0 Å². The first-order valence-corrected chi connectivity index (χ1v) is 12.9. The molecular weight excluding hydrogens is 574 g/mol. The minimum atomic E-state index is -0.712. The number of halogens is 4. The van der Waals surface area contributed by atoms with Crippen LogP contribution in [0.25, 0.3) is 0 Å². The van der Waals surface area contributed by atoms with Gasteiger partial charge in [-0.05, 0) is 61.4 Å². The number of benzene rings is 3. The van der Waals surface area contributed by atoms with Gasteiger partial charge >= 0.3 is 5.97 Å². The van der Waals surface area contributed by atoms with E-state index in [0.717, 1.165) is 21.7 Å². The van der Waals surface area contributed by atoms with Crippen molar-refractivity contribution in [3.8, 4) is 5.75 Å². The third kappa shape index (κ3) is 4.33. The molecule has 5 rings (SSSR count). The summed E-state index contributed by atoms with van der Waals surface area (Å²) in [5, 5.41) is -0.570. The van der Waals surface area contributed by atoms with E-state index >= 15 is 0 Å². The fourth-order valence-electron chi connectivity index (χ4n) is 4.45. The number of nitrogens with zero attached hydrogens (tertiary/aromatic N) is 2. The summed E-state index contributed by atoms with van der Waals surface area (Å²) in [4.78, 5) is 53.9. The van der Waals surface area contributed by atoms with Crippen molar-refractivity contribution >= 4 is 81.5 Å². The second-order valence-corrected chi connectivity index (χ2v) is 10.6. The molecule has 0 unspecified atom stereocenters. The average molecular weight is 592 g/mol. The molecule has 11 heteroatoms. The molecule has 2 aliphatic rings. The van der Waals surface area contributed by atoms with Gasteiger partial charge < -0.3 is 9.64 Å². The van der Waals surface area contributed by atoms with Gasteiger partial charge in [-0.15, -0.1) is 0 Å². The number of carbonyl (C=O) groups excluding carboxylic acids is 4. The van der Waals surface area contributed by atoms with Crippen molar-refractivity contribution in [2.45, 2.75) is 20.3 Å². The van der Waals surface area contributed by atoms with Crippen LogP contribution in [0.5, 0.6) is 5.75 Å². The number of aryl methyl sites for hydroxylation is 2. The summed E-state index contributed by atoms with van der Waals surface area (Å²) in [5.41, 5.74) is 2.83. The molecule has 0 saturated carbocycles. The standard InChI is InChI=1S/C27H18Cl4N2O5/c1-12-3-4-16(9-13(12)2)32-11-14(10-18(32)34)27(37)38-17-7-5-15(6-8-17)33-25(35)19-20(26(33)36)22(29)24(31)23(30)21(19)28/h3-9,14H,10-11H2,1-2H3/t14-/m0/s1. The molecule has 1 atom stereocenters. The molecule has 0 spiro atoms. The predicted molar refractivity (Wildman–Crippen MR) is 146 cm³/mol. The van der Waals surface area contributed by atoms with Crippen LogP contribution < -0.4 is 14.5 Å². The van der Waals surface area contributed by atoms with Gasteiger partial charge in [0.1, 0.15) is 5.75 Å². The Kier molecular flexibility index (Phi) is 6.90. The molecule has 1 fully saturated rings. The Labute approximate surface area is 237 Å². The van der Waals surface area contributed by atoms with Gasteiger partial charge in [0.25, 0.3) is 11.8 Å². The Hall–Kier alpha value is -3.10. The fourth-order valence-corrected chi connectivity index (χ4v) is 5.47. The van der Waals surface area contributed by atoms with Gasteiger partial charge in [0.05, 0.1) is 42.8 Å². The maximum absolute atomic E-state index is 13.0. The van der Waals surface area contributed by atoms with E-state index in [1.54, 1.807) is 4.90 Å². The Morgan fingerprint density at radius 2 is 1.34 bits per heavy atom. The summed E-state index contributed by atoms with van der Waals surface area (Å²) < 4.78 is 5.49. The Morgan fingerprint density at radius 1 is 0.789 bits per heavy atom. The third-order valence-electron chi connectivity index (χ3n) is 6.67. The first-order valence-electron chi connectivity index (χ1n) is 11.4.